The molecule has 0 spiro atoms. The van der Waals surface area contributed by atoms with Crippen LogP contribution >= 0.6 is 0 Å². The monoisotopic (exact) mass is 380 g/mol. The molecule has 28 heavy (non-hydrogen) atoms. The molecule has 0 atom stereocenters. The van der Waals surface area contributed by atoms with Gasteiger partial charge in [-0.3, -0.25) is 14.4 Å². The highest BCUT2D eigenvalue weighted by atomic mass is 19.1. The molecule has 0 saturated heterocycles. The summed E-state index contributed by atoms with van der Waals surface area (Å²) in [4.78, 5) is 36.3. The van der Waals surface area contributed by atoms with Gasteiger partial charge in [-0.25, -0.2) is 9.07 Å². The third-order valence-corrected chi connectivity index (χ3v) is 3.83. The molecule has 0 bridgehead atoms. The highest BCUT2D eigenvalue weighted by Gasteiger charge is 2.12. The molecule has 0 saturated carbocycles. The van der Waals surface area contributed by atoms with E-state index in [9.17, 15) is 18.8 Å². The van der Waals surface area contributed by atoms with Crippen molar-refractivity contribution in [1.82, 2.24) is 15.1 Å². The predicted molar refractivity (Wildman–Crippen MR) is 101 cm³/mol. The standard InChI is InChI=1S/C20H17FN4O3/c21-15-8-6-14(7-9-15)12-22-18(26)13-25-19(27)11-10-17(24-25)20(28)23-16-4-2-1-3-5-16/h1-11H,12-13H2,(H,22,26)(H,23,28). The van der Waals surface area contributed by atoms with Crippen LogP contribution in [0.2, 0.25) is 0 Å². The Balaban J connectivity index is 1.64. The van der Waals surface area contributed by atoms with E-state index in [-0.39, 0.29) is 24.6 Å². The maximum absolute atomic E-state index is 12.9. The molecule has 1 aromatic heterocycles. The Morgan fingerprint density at radius 1 is 0.964 bits per heavy atom. The van der Waals surface area contributed by atoms with Crippen molar-refractivity contribution in [3.05, 3.63) is 94.2 Å². The molecule has 3 aromatic rings. The molecular weight excluding hydrogens is 363 g/mol. The third-order valence-electron chi connectivity index (χ3n) is 3.83. The molecule has 0 aliphatic rings. The summed E-state index contributed by atoms with van der Waals surface area (Å²) >= 11 is 0. The lowest BCUT2D eigenvalue weighted by molar-refractivity contribution is -0.122. The zero-order valence-electron chi connectivity index (χ0n) is 14.8. The first-order valence-corrected chi connectivity index (χ1v) is 8.47. The van der Waals surface area contributed by atoms with Crippen LogP contribution in [0.1, 0.15) is 16.1 Å². The smallest absolute Gasteiger partial charge is 0.276 e. The number of halogens is 1. The third kappa shape index (κ3) is 5.10. The van der Waals surface area contributed by atoms with Crippen LogP contribution in [0, 0.1) is 5.82 Å². The number of amides is 2. The van der Waals surface area contributed by atoms with Gasteiger partial charge >= 0.3 is 0 Å². The fraction of sp³-hybridized carbons (Fsp3) is 0.100. The first-order valence-electron chi connectivity index (χ1n) is 8.47. The summed E-state index contributed by atoms with van der Waals surface area (Å²) in [7, 11) is 0. The topological polar surface area (TPSA) is 93.1 Å². The van der Waals surface area contributed by atoms with E-state index in [2.05, 4.69) is 15.7 Å². The first kappa shape index (κ1) is 19.0. The molecular formula is C20H17FN4O3. The Labute approximate surface area is 159 Å². The maximum atomic E-state index is 12.9. The van der Waals surface area contributed by atoms with E-state index in [4.69, 9.17) is 0 Å². The number of para-hydroxylation sites is 1. The number of hydrogen-bond acceptors (Lipinski definition) is 4. The Bertz CT molecular complexity index is 1030. The fourth-order valence-corrected chi connectivity index (χ4v) is 2.39. The lowest BCUT2D eigenvalue weighted by Gasteiger charge is -2.09. The van der Waals surface area contributed by atoms with Crippen molar-refractivity contribution in [1.29, 1.82) is 0 Å². The van der Waals surface area contributed by atoms with Crippen molar-refractivity contribution in [2.24, 2.45) is 0 Å². The molecule has 0 aliphatic carbocycles. The minimum absolute atomic E-state index is 0.00906. The second kappa shape index (κ2) is 8.72. The van der Waals surface area contributed by atoms with E-state index in [0.29, 0.717) is 11.3 Å². The lowest BCUT2D eigenvalue weighted by Crippen LogP contribution is -2.34. The van der Waals surface area contributed by atoms with Gasteiger partial charge in [0.1, 0.15) is 18.1 Å². The maximum Gasteiger partial charge on any atom is 0.276 e. The summed E-state index contributed by atoms with van der Waals surface area (Å²) in [6, 6.07) is 17.0. The Morgan fingerprint density at radius 2 is 1.68 bits per heavy atom. The van der Waals surface area contributed by atoms with Gasteiger partial charge in [0.2, 0.25) is 5.91 Å². The Hall–Kier alpha value is -3.81. The molecule has 0 fully saturated rings. The van der Waals surface area contributed by atoms with Crippen molar-refractivity contribution in [3.8, 4) is 0 Å². The second-order valence-electron chi connectivity index (χ2n) is 5.94. The summed E-state index contributed by atoms with van der Waals surface area (Å²) in [6.45, 7) is -0.158. The SMILES string of the molecule is O=C(Cn1nc(C(=O)Nc2ccccc2)ccc1=O)NCc1ccc(F)cc1. The van der Waals surface area contributed by atoms with E-state index in [0.717, 1.165) is 4.68 Å². The molecule has 0 unspecified atom stereocenters. The van der Waals surface area contributed by atoms with Crippen LogP contribution in [0.4, 0.5) is 10.1 Å². The normalized spacial score (nSPS) is 10.3. The van der Waals surface area contributed by atoms with E-state index in [1.807, 2.05) is 6.07 Å². The first-order chi connectivity index (χ1) is 13.5. The predicted octanol–water partition coefficient (Wildman–Crippen LogP) is 1.95. The average molecular weight is 380 g/mol. The minimum Gasteiger partial charge on any atom is -0.350 e. The van der Waals surface area contributed by atoms with Gasteiger partial charge in [-0.2, -0.15) is 5.10 Å². The lowest BCUT2D eigenvalue weighted by atomic mass is 10.2. The highest BCUT2D eigenvalue weighted by Crippen LogP contribution is 2.06. The molecule has 0 aliphatic heterocycles. The molecule has 0 radical (unpaired) electrons. The van der Waals surface area contributed by atoms with Gasteiger partial charge in [0.15, 0.2) is 0 Å². The number of rotatable bonds is 6. The summed E-state index contributed by atoms with van der Waals surface area (Å²) in [5.41, 5.74) is 0.804. The Kier molecular flexibility index (Phi) is 5.91. The van der Waals surface area contributed by atoms with Gasteiger partial charge < -0.3 is 10.6 Å². The van der Waals surface area contributed by atoms with Gasteiger partial charge in [0.05, 0.1) is 0 Å². The van der Waals surface area contributed by atoms with Gasteiger partial charge in [-0.1, -0.05) is 30.3 Å². The molecule has 7 nitrogen and oxygen atoms in total. The fourth-order valence-electron chi connectivity index (χ4n) is 2.39. The van der Waals surface area contributed by atoms with E-state index >= 15 is 0 Å². The van der Waals surface area contributed by atoms with Gasteiger partial charge in [-0.15, -0.1) is 0 Å². The quantitative estimate of drug-likeness (QED) is 0.684. The zero-order chi connectivity index (χ0) is 19.9. The van der Waals surface area contributed by atoms with Crippen LogP contribution in [0.15, 0.2) is 71.5 Å². The number of aromatic nitrogens is 2. The van der Waals surface area contributed by atoms with Gasteiger partial charge in [0, 0.05) is 18.3 Å². The summed E-state index contributed by atoms with van der Waals surface area (Å²) in [5, 5.41) is 9.24. The van der Waals surface area contributed by atoms with Crippen molar-refractivity contribution < 1.29 is 14.0 Å². The van der Waals surface area contributed by atoms with E-state index < -0.39 is 17.4 Å². The average Bonchev–Trinajstić information content (AvgIpc) is 2.70. The van der Waals surface area contributed by atoms with Crippen LogP contribution < -0.4 is 16.2 Å². The van der Waals surface area contributed by atoms with Crippen molar-refractivity contribution >= 4 is 17.5 Å². The minimum atomic E-state index is -0.506. The summed E-state index contributed by atoms with van der Waals surface area (Å²) < 4.78 is 13.8. The Morgan fingerprint density at radius 3 is 2.39 bits per heavy atom. The number of carbonyl (C=O) groups is 2. The number of nitrogens with zero attached hydrogens (tertiary/aromatic N) is 2. The molecule has 1 heterocycles. The van der Waals surface area contributed by atoms with Crippen LogP contribution in [0.25, 0.3) is 0 Å². The molecule has 8 heteroatoms. The van der Waals surface area contributed by atoms with Crippen LogP contribution in [-0.2, 0) is 17.9 Å². The van der Waals surface area contributed by atoms with Crippen LogP contribution in [-0.4, -0.2) is 21.6 Å². The number of carbonyl (C=O) groups excluding carboxylic acids is 2. The van der Waals surface area contributed by atoms with Crippen LogP contribution in [0.3, 0.4) is 0 Å². The van der Waals surface area contributed by atoms with E-state index in [1.54, 1.807) is 36.4 Å². The van der Waals surface area contributed by atoms with Crippen LogP contribution in [0.5, 0.6) is 0 Å². The number of hydrogen-bond donors (Lipinski definition) is 2. The summed E-state index contributed by atoms with van der Waals surface area (Å²) in [6.07, 6.45) is 0. The van der Waals surface area contributed by atoms with Gasteiger partial charge in [0.25, 0.3) is 11.5 Å². The molecule has 142 valence electrons. The summed E-state index contributed by atoms with van der Waals surface area (Å²) in [5.74, 6) is -1.32. The number of benzene rings is 2. The molecule has 2 aromatic carbocycles. The zero-order valence-corrected chi connectivity index (χ0v) is 14.8. The molecule has 2 N–H and O–H groups in total. The van der Waals surface area contributed by atoms with Crippen molar-refractivity contribution in [3.63, 3.8) is 0 Å². The molecule has 2 amide bonds. The van der Waals surface area contributed by atoms with Crippen molar-refractivity contribution in [2.45, 2.75) is 13.1 Å². The number of anilines is 1. The highest BCUT2D eigenvalue weighted by molar-refractivity contribution is 6.02. The van der Waals surface area contributed by atoms with Crippen molar-refractivity contribution in [2.75, 3.05) is 5.32 Å². The second-order valence-corrected chi connectivity index (χ2v) is 5.94. The van der Waals surface area contributed by atoms with Gasteiger partial charge in [-0.05, 0) is 35.9 Å². The molecule has 3 rings (SSSR count). The van der Waals surface area contributed by atoms with E-state index in [1.165, 1.54) is 24.3 Å². The largest absolute Gasteiger partial charge is 0.350 e. The number of nitrogens with one attached hydrogen (secondary N) is 2.